The number of para-hydroxylation sites is 1. The molecule has 1 saturated carbocycles. The van der Waals surface area contributed by atoms with Gasteiger partial charge in [0, 0.05) is 30.4 Å². The number of nitrogens with one attached hydrogen (secondary N) is 1. The largest absolute Gasteiger partial charge is 0.365 e. The molecule has 1 spiro atoms. The van der Waals surface area contributed by atoms with Gasteiger partial charge in [-0.05, 0) is 37.8 Å². The van der Waals surface area contributed by atoms with Crippen LogP contribution in [0.15, 0.2) is 24.3 Å². The van der Waals surface area contributed by atoms with Crippen molar-refractivity contribution in [1.82, 2.24) is 5.32 Å². The molecule has 1 aromatic rings. The maximum Gasteiger partial charge on any atom is 0.0413 e. The number of aryl methyl sites for hydroxylation is 1. The number of piperazine rings is 1. The minimum atomic E-state index is 0.397. The Morgan fingerprint density at radius 2 is 2.00 bits per heavy atom. The number of hydrogen-bond donors (Lipinski definition) is 1. The number of anilines is 1. The Bertz CT molecular complexity index is 435. The zero-order valence-electron chi connectivity index (χ0n) is 12.3. The predicted molar refractivity (Wildman–Crippen MR) is 81.8 cm³/mol. The summed E-state index contributed by atoms with van der Waals surface area (Å²) in [5.74, 6) is 0. The van der Waals surface area contributed by atoms with Gasteiger partial charge in [0.1, 0.15) is 0 Å². The third-order valence-electron chi connectivity index (χ3n) is 5.08. The van der Waals surface area contributed by atoms with E-state index in [2.05, 4.69) is 48.3 Å². The second kappa shape index (κ2) is 5.16. The van der Waals surface area contributed by atoms with Crippen LogP contribution in [0.1, 0.15) is 44.6 Å². The Hall–Kier alpha value is -1.02. The Labute approximate surface area is 117 Å². The number of rotatable bonds is 2. The van der Waals surface area contributed by atoms with Crippen molar-refractivity contribution in [1.29, 1.82) is 0 Å². The van der Waals surface area contributed by atoms with Crippen molar-refractivity contribution in [2.45, 2.75) is 57.5 Å². The average molecular weight is 258 g/mol. The smallest absolute Gasteiger partial charge is 0.0413 e. The minimum Gasteiger partial charge on any atom is -0.365 e. The predicted octanol–water partition coefficient (Wildman–Crippen LogP) is 3.50. The summed E-state index contributed by atoms with van der Waals surface area (Å²) >= 11 is 0. The van der Waals surface area contributed by atoms with E-state index >= 15 is 0 Å². The standard InChI is InChI=1S/C17H26N2/c1-3-15-12-18-17(10-6-7-11-17)13-19(15)16-9-5-4-8-14(16)2/h4-5,8-9,15,18H,3,6-7,10-13H2,1-2H3. The van der Waals surface area contributed by atoms with Crippen molar-refractivity contribution in [3.8, 4) is 0 Å². The molecule has 1 heterocycles. The summed E-state index contributed by atoms with van der Waals surface area (Å²) < 4.78 is 0. The van der Waals surface area contributed by atoms with E-state index in [0.717, 1.165) is 6.54 Å². The molecule has 3 rings (SSSR count). The lowest BCUT2D eigenvalue weighted by atomic mass is 9.91. The Balaban J connectivity index is 1.89. The van der Waals surface area contributed by atoms with Gasteiger partial charge >= 0.3 is 0 Å². The van der Waals surface area contributed by atoms with Crippen LogP contribution in [0.25, 0.3) is 0 Å². The minimum absolute atomic E-state index is 0.397. The lowest BCUT2D eigenvalue weighted by Gasteiger charge is -2.48. The molecule has 0 aromatic heterocycles. The van der Waals surface area contributed by atoms with Crippen molar-refractivity contribution in [3.63, 3.8) is 0 Å². The van der Waals surface area contributed by atoms with Crippen LogP contribution in [0.2, 0.25) is 0 Å². The van der Waals surface area contributed by atoms with Gasteiger partial charge in [-0.2, -0.15) is 0 Å². The highest BCUT2D eigenvalue weighted by atomic mass is 15.3. The highest BCUT2D eigenvalue weighted by Gasteiger charge is 2.40. The summed E-state index contributed by atoms with van der Waals surface area (Å²) in [6, 6.07) is 9.51. The van der Waals surface area contributed by atoms with Crippen LogP contribution >= 0.6 is 0 Å². The molecule has 1 aliphatic heterocycles. The molecule has 2 heteroatoms. The Morgan fingerprint density at radius 1 is 1.26 bits per heavy atom. The number of hydrogen-bond acceptors (Lipinski definition) is 2. The van der Waals surface area contributed by atoms with Gasteiger partial charge in [-0.1, -0.05) is 38.0 Å². The zero-order valence-corrected chi connectivity index (χ0v) is 12.3. The molecule has 2 nitrogen and oxygen atoms in total. The molecule has 1 N–H and O–H groups in total. The van der Waals surface area contributed by atoms with Crippen LogP contribution < -0.4 is 10.2 Å². The number of nitrogens with zero attached hydrogens (tertiary/aromatic N) is 1. The summed E-state index contributed by atoms with van der Waals surface area (Å²) in [6.07, 6.45) is 6.71. The Kier molecular flexibility index (Phi) is 3.53. The normalized spacial score (nSPS) is 26.0. The van der Waals surface area contributed by atoms with Gasteiger partial charge in [0.25, 0.3) is 0 Å². The summed E-state index contributed by atoms with van der Waals surface area (Å²) in [6.45, 7) is 6.89. The van der Waals surface area contributed by atoms with Crippen molar-refractivity contribution < 1.29 is 0 Å². The van der Waals surface area contributed by atoms with Crippen LogP contribution in [0, 0.1) is 6.92 Å². The molecule has 1 aliphatic carbocycles. The summed E-state index contributed by atoms with van der Waals surface area (Å²) in [4.78, 5) is 2.68. The van der Waals surface area contributed by atoms with E-state index in [1.807, 2.05) is 0 Å². The first-order valence-electron chi connectivity index (χ1n) is 7.81. The molecule has 0 radical (unpaired) electrons. The van der Waals surface area contributed by atoms with E-state index in [1.54, 1.807) is 0 Å². The van der Waals surface area contributed by atoms with Crippen LogP contribution in [0.5, 0.6) is 0 Å². The quantitative estimate of drug-likeness (QED) is 0.873. The third-order valence-corrected chi connectivity index (χ3v) is 5.08. The van der Waals surface area contributed by atoms with E-state index in [1.165, 1.54) is 49.9 Å². The van der Waals surface area contributed by atoms with Gasteiger partial charge in [-0.15, -0.1) is 0 Å². The molecule has 1 aromatic carbocycles. The SMILES string of the molecule is CCC1CNC2(CCCC2)CN1c1ccccc1C. The molecule has 1 atom stereocenters. The van der Waals surface area contributed by atoms with Gasteiger partial charge in [0.2, 0.25) is 0 Å². The van der Waals surface area contributed by atoms with Crippen molar-refractivity contribution in [2.75, 3.05) is 18.0 Å². The maximum absolute atomic E-state index is 3.87. The molecule has 1 saturated heterocycles. The van der Waals surface area contributed by atoms with E-state index < -0.39 is 0 Å². The second-order valence-corrected chi connectivity index (χ2v) is 6.34. The second-order valence-electron chi connectivity index (χ2n) is 6.34. The highest BCUT2D eigenvalue weighted by Crippen LogP contribution is 2.36. The van der Waals surface area contributed by atoms with Crippen LogP contribution in [-0.4, -0.2) is 24.7 Å². The molecule has 2 aliphatic rings. The monoisotopic (exact) mass is 258 g/mol. The van der Waals surface area contributed by atoms with E-state index in [-0.39, 0.29) is 0 Å². The molecular formula is C17H26N2. The maximum atomic E-state index is 3.87. The molecule has 104 valence electrons. The molecule has 0 amide bonds. The lowest BCUT2D eigenvalue weighted by Crippen LogP contribution is -2.63. The fraction of sp³-hybridized carbons (Fsp3) is 0.647. The molecular weight excluding hydrogens is 232 g/mol. The lowest BCUT2D eigenvalue weighted by molar-refractivity contribution is 0.267. The van der Waals surface area contributed by atoms with E-state index in [0.29, 0.717) is 11.6 Å². The van der Waals surface area contributed by atoms with Gasteiger partial charge in [0.15, 0.2) is 0 Å². The van der Waals surface area contributed by atoms with Crippen molar-refractivity contribution >= 4 is 5.69 Å². The summed E-state index contributed by atoms with van der Waals surface area (Å²) in [5.41, 5.74) is 3.26. The fourth-order valence-corrected chi connectivity index (χ4v) is 3.87. The molecule has 2 fully saturated rings. The first-order valence-corrected chi connectivity index (χ1v) is 7.81. The molecule has 19 heavy (non-hydrogen) atoms. The number of benzene rings is 1. The Morgan fingerprint density at radius 3 is 2.68 bits per heavy atom. The van der Waals surface area contributed by atoms with Crippen LogP contribution in [0.4, 0.5) is 5.69 Å². The first-order chi connectivity index (χ1) is 9.24. The van der Waals surface area contributed by atoms with Gasteiger partial charge in [0.05, 0.1) is 0 Å². The molecule has 1 unspecified atom stereocenters. The van der Waals surface area contributed by atoms with E-state index in [9.17, 15) is 0 Å². The topological polar surface area (TPSA) is 15.3 Å². The van der Waals surface area contributed by atoms with Crippen molar-refractivity contribution in [2.24, 2.45) is 0 Å². The zero-order chi connectivity index (χ0) is 13.3. The van der Waals surface area contributed by atoms with Crippen molar-refractivity contribution in [3.05, 3.63) is 29.8 Å². The first kappa shape index (κ1) is 13.0. The average Bonchev–Trinajstić information content (AvgIpc) is 2.88. The van der Waals surface area contributed by atoms with Gasteiger partial charge < -0.3 is 10.2 Å². The van der Waals surface area contributed by atoms with Crippen LogP contribution in [-0.2, 0) is 0 Å². The highest BCUT2D eigenvalue weighted by molar-refractivity contribution is 5.55. The fourth-order valence-electron chi connectivity index (χ4n) is 3.87. The van der Waals surface area contributed by atoms with Gasteiger partial charge in [-0.25, -0.2) is 0 Å². The summed E-state index contributed by atoms with van der Waals surface area (Å²) in [7, 11) is 0. The van der Waals surface area contributed by atoms with E-state index in [4.69, 9.17) is 0 Å². The van der Waals surface area contributed by atoms with Crippen LogP contribution in [0.3, 0.4) is 0 Å². The third kappa shape index (κ3) is 2.38. The summed E-state index contributed by atoms with van der Waals surface area (Å²) in [5, 5.41) is 3.87. The van der Waals surface area contributed by atoms with Gasteiger partial charge in [-0.3, -0.25) is 0 Å². The molecule has 0 bridgehead atoms.